The molecule has 6 heavy (non-hydrogen) atoms. The highest BCUT2D eigenvalue weighted by Crippen LogP contribution is 2.45. The van der Waals surface area contributed by atoms with Crippen LogP contribution in [0.5, 0.6) is 0 Å². The predicted octanol–water partition coefficient (Wildman–Crippen LogP) is 1.75. The van der Waals surface area contributed by atoms with Crippen LogP contribution in [0.1, 0.15) is 20.3 Å². The van der Waals surface area contributed by atoms with Crippen LogP contribution < -0.4 is 0 Å². The van der Waals surface area contributed by atoms with Gasteiger partial charge >= 0.3 is 0 Å². The van der Waals surface area contributed by atoms with Crippen LogP contribution >= 0.6 is 0 Å². The number of hydrogen-bond acceptors (Lipinski definition) is 0. The predicted molar refractivity (Wildman–Crippen MR) is 23.3 cm³/mol. The Bertz CT molecular complexity index is 66.3. The van der Waals surface area contributed by atoms with E-state index in [1.54, 1.807) is 6.92 Å². The summed E-state index contributed by atoms with van der Waals surface area (Å²) in [6, 6.07) is 0. The Labute approximate surface area is 37.4 Å². The van der Waals surface area contributed by atoms with Crippen molar-refractivity contribution in [1.82, 2.24) is 0 Å². The summed E-state index contributed by atoms with van der Waals surface area (Å²) in [5.74, 6) is 0.331. The summed E-state index contributed by atoms with van der Waals surface area (Å²) in [4.78, 5) is 0. The highest BCUT2D eigenvalue weighted by atomic mass is 19.1. The molecule has 0 saturated heterocycles. The third-order valence-corrected chi connectivity index (χ3v) is 1.57. The highest BCUT2D eigenvalue weighted by Gasteiger charge is 2.47. The van der Waals surface area contributed by atoms with E-state index in [2.05, 4.69) is 0 Å². The molecule has 0 aliphatic heterocycles. The molecule has 0 bridgehead atoms. The second kappa shape index (κ2) is 0.772. The number of halogens is 1. The molecule has 0 spiro atoms. The fraction of sp³-hybridized carbons (Fsp3) is 1.00. The maximum atomic E-state index is 12.2. The van der Waals surface area contributed by atoms with Crippen molar-refractivity contribution in [2.45, 2.75) is 25.9 Å². The van der Waals surface area contributed by atoms with E-state index in [9.17, 15) is 4.39 Å². The largest absolute Gasteiger partial charge is 0.244 e. The number of hydrogen-bond donors (Lipinski definition) is 0. The van der Waals surface area contributed by atoms with Crippen molar-refractivity contribution >= 4 is 0 Å². The maximum absolute atomic E-state index is 12.2. The van der Waals surface area contributed by atoms with Gasteiger partial charge in [-0.05, 0) is 19.3 Å². The molecule has 0 aromatic rings. The molecule has 0 amide bonds. The Morgan fingerprint density at radius 2 is 2.00 bits per heavy atom. The molecule has 0 aromatic heterocycles. The average Bonchev–Trinajstić information content (AvgIpc) is 1.73. The molecule has 1 aliphatic rings. The van der Waals surface area contributed by atoms with Gasteiger partial charge < -0.3 is 0 Å². The van der Waals surface area contributed by atoms with Crippen LogP contribution in [0.3, 0.4) is 0 Å². The van der Waals surface area contributed by atoms with E-state index in [1.165, 1.54) is 0 Å². The first-order valence-corrected chi connectivity index (χ1v) is 2.32. The van der Waals surface area contributed by atoms with E-state index in [-0.39, 0.29) is 0 Å². The molecule has 1 aliphatic carbocycles. The molecule has 1 heteroatoms. The molecule has 1 saturated carbocycles. The van der Waals surface area contributed by atoms with Gasteiger partial charge in [0.15, 0.2) is 0 Å². The smallest absolute Gasteiger partial charge is 0.111 e. The van der Waals surface area contributed by atoms with E-state index >= 15 is 0 Å². The molecule has 36 valence electrons. The molecule has 0 N–H and O–H groups in total. The van der Waals surface area contributed by atoms with Gasteiger partial charge in [0.25, 0.3) is 0 Å². The van der Waals surface area contributed by atoms with Gasteiger partial charge in [-0.2, -0.15) is 0 Å². The van der Waals surface area contributed by atoms with E-state index in [0.29, 0.717) is 5.92 Å². The molecule has 0 heterocycles. The summed E-state index contributed by atoms with van der Waals surface area (Å²) in [5.41, 5.74) is -0.792. The molecular formula is C5H9F. The molecule has 1 fully saturated rings. The molecule has 1 unspecified atom stereocenters. The van der Waals surface area contributed by atoms with Crippen molar-refractivity contribution in [3.63, 3.8) is 0 Å². The first-order valence-electron chi connectivity index (χ1n) is 2.32. The van der Waals surface area contributed by atoms with Crippen molar-refractivity contribution in [1.29, 1.82) is 0 Å². The van der Waals surface area contributed by atoms with Gasteiger partial charge in [-0.1, -0.05) is 6.92 Å². The van der Waals surface area contributed by atoms with E-state index in [4.69, 9.17) is 0 Å². The average molecular weight is 88.1 g/mol. The second-order valence-electron chi connectivity index (χ2n) is 2.38. The lowest BCUT2D eigenvalue weighted by Gasteiger charge is -1.87. The van der Waals surface area contributed by atoms with E-state index in [0.717, 1.165) is 6.42 Å². The normalized spacial score (nSPS) is 55.5. The highest BCUT2D eigenvalue weighted by molar-refractivity contribution is 4.96. The van der Waals surface area contributed by atoms with Crippen molar-refractivity contribution in [3.8, 4) is 0 Å². The van der Waals surface area contributed by atoms with Crippen molar-refractivity contribution in [3.05, 3.63) is 0 Å². The zero-order valence-electron chi connectivity index (χ0n) is 4.16. The first-order chi connectivity index (χ1) is 2.63. The molecule has 2 atom stereocenters. The fourth-order valence-electron chi connectivity index (χ4n) is 0.540. The summed E-state index contributed by atoms with van der Waals surface area (Å²) in [5, 5.41) is 0. The zero-order valence-corrected chi connectivity index (χ0v) is 4.16. The third kappa shape index (κ3) is 0.423. The number of rotatable bonds is 0. The van der Waals surface area contributed by atoms with E-state index < -0.39 is 5.67 Å². The van der Waals surface area contributed by atoms with Gasteiger partial charge in [0.05, 0.1) is 0 Å². The van der Waals surface area contributed by atoms with E-state index in [1.807, 2.05) is 6.92 Å². The van der Waals surface area contributed by atoms with Crippen LogP contribution in [0.4, 0.5) is 4.39 Å². The SMILES string of the molecule is C[C@@H]1CC1(C)F. The van der Waals surface area contributed by atoms with Gasteiger partial charge in [-0.3, -0.25) is 0 Å². The minimum Gasteiger partial charge on any atom is -0.244 e. The molecular weight excluding hydrogens is 79.1 g/mol. The monoisotopic (exact) mass is 88.1 g/mol. The number of alkyl halides is 1. The van der Waals surface area contributed by atoms with Crippen molar-refractivity contribution < 1.29 is 4.39 Å². The molecule has 0 aromatic carbocycles. The lowest BCUT2D eigenvalue weighted by atomic mass is 10.3. The Hall–Kier alpha value is -0.0700. The van der Waals surface area contributed by atoms with Crippen molar-refractivity contribution in [2.75, 3.05) is 0 Å². The van der Waals surface area contributed by atoms with Gasteiger partial charge in [-0.25, -0.2) is 4.39 Å². The first kappa shape index (κ1) is 4.10. The summed E-state index contributed by atoms with van der Waals surface area (Å²) in [6.45, 7) is 3.58. The minimum atomic E-state index is -0.792. The van der Waals surface area contributed by atoms with Crippen LogP contribution in [-0.2, 0) is 0 Å². The van der Waals surface area contributed by atoms with Gasteiger partial charge in [0, 0.05) is 0 Å². The Morgan fingerprint density at radius 1 is 1.83 bits per heavy atom. The maximum Gasteiger partial charge on any atom is 0.111 e. The molecule has 0 radical (unpaired) electrons. The Morgan fingerprint density at radius 3 is 2.00 bits per heavy atom. The second-order valence-corrected chi connectivity index (χ2v) is 2.38. The summed E-state index contributed by atoms with van der Waals surface area (Å²) >= 11 is 0. The van der Waals surface area contributed by atoms with Crippen LogP contribution in [0, 0.1) is 5.92 Å². The summed E-state index contributed by atoms with van der Waals surface area (Å²) < 4.78 is 12.2. The summed E-state index contributed by atoms with van der Waals surface area (Å²) in [7, 11) is 0. The van der Waals surface area contributed by atoms with Crippen molar-refractivity contribution in [2.24, 2.45) is 5.92 Å². The third-order valence-electron chi connectivity index (χ3n) is 1.57. The quantitative estimate of drug-likeness (QED) is 0.423. The lowest BCUT2D eigenvalue weighted by Crippen LogP contribution is -1.90. The lowest BCUT2D eigenvalue weighted by molar-refractivity contribution is 0.315. The zero-order chi connectivity index (χ0) is 4.78. The Balaban J connectivity index is 2.41. The molecule has 1 rings (SSSR count). The summed E-state index contributed by atoms with van der Waals surface area (Å²) in [6.07, 6.45) is 0.771. The Kier molecular flexibility index (Phi) is 0.527. The van der Waals surface area contributed by atoms with Crippen LogP contribution in [0.15, 0.2) is 0 Å². The van der Waals surface area contributed by atoms with Crippen LogP contribution in [0.25, 0.3) is 0 Å². The minimum absolute atomic E-state index is 0.331. The van der Waals surface area contributed by atoms with Gasteiger partial charge in [0.1, 0.15) is 5.67 Å². The van der Waals surface area contributed by atoms with Gasteiger partial charge in [0.2, 0.25) is 0 Å². The van der Waals surface area contributed by atoms with Gasteiger partial charge in [-0.15, -0.1) is 0 Å². The standard InChI is InChI=1S/C5H9F/c1-4-3-5(4,2)6/h4H,3H2,1-2H3/t4-,5?/m1/s1. The fourth-order valence-corrected chi connectivity index (χ4v) is 0.540. The van der Waals surface area contributed by atoms with Crippen LogP contribution in [0.2, 0.25) is 0 Å². The van der Waals surface area contributed by atoms with Crippen LogP contribution in [-0.4, -0.2) is 5.67 Å². The molecule has 0 nitrogen and oxygen atoms in total. The topological polar surface area (TPSA) is 0 Å².